The van der Waals surface area contributed by atoms with Gasteiger partial charge in [-0.1, -0.05) is 13.3 Å². The highest BCUT2D eigenvalue weighted by molar-refractivity contribution is 7.09. The minimum absolute atomic E-state index is 0.558. The van der Waals surface area contributed by atoms with Crippen LogP contribution in [0.5, 0.6) is 0 Å². The second-order valence-corrected chi connectivity index (χ2v) is 6.28. The van der Waals surface area contributed by atoms with E-state index in [2.05, 4.69) is 27.4 Å². The van der Waals surface area contributed by atoms with E-state index in [0.717, 1.165) is 53.4 Å². The summed E-state index contributed by atoms with van der Waals surface area (Å²) < 4.78 is 3.92. The van der Waals surface area contributed by atoms with Gasteiger partial charge in [-0.25, -0.2) is 9.97 Å². The molecule has 0 aliphatic rings. The van der Waals surface area contributed by atoms with Crippen molar-refractivity contribution in [3.05, 3.63) is 21.8 Å². The van der Waals surface area contributed by atoms with Crippen LogP contribution in [0.4, 0.5) is 5.95 Å². The molecule has 0 saturated carbocycles. The zero-order valence-corrected chi connectivity index (χ0v) is 13.4. The van der Waals surface area contributed by atoms with Crippen LogP contribution >= 0.6 is 11.3 Å². The van der Waals surface area contributed by atoms with Crippen molar-refractivity contribution in [2.45, 2.75) is 39.7 Å². The molecule has 0 radical (unpaired) electrons. The minimum Gasteiger partial charge on any atom is -0.369 e. The number of thiazole rings is 1. The van der Waals surface area contributed by atoms with Crippen molar-refractivity contribution in [1.82, 2.24) is 24.3 Å². The number of rotatable bonds is 5. The van der Waals surface area contributed by atoms with Crippen LogP contribution in [0, 0.1) is 6.92 Å². The van der Waals surface area contributed by atoms with Crippen molar-refractivity contribution < 1.29 is 0 Å². The Kier molecular flexibility index (Phi) is 3.67. The van der Waals surface area contributed by atoms with E-state index in [1.807, 2.05) is 23.2 Å². The molecule has 0 unspecified atom stereocenters. The van der Waals surface area contributed by atoms with Gasteiger partial charge in [0.2, 0.25) is 5.95 Å². The first-order valence-corrected chi connectivity index (χ1v) is 8.06. The number of aromatic nitrogens is 5. The van der Waals surface area contributed by atoms with Crippen LogP contribution in [-0.2, 0) is 26.4 Å². The maximum Gasteiger partial charge on any atom is 0.202 e. The topological polar surface area (TPSA) is 74.6 Å². The van der Waals surface area contributed by atoms with Gasteiger partial charge in [-0.2, -0.15) is 5.10 Å². The van der Waals surface area contributed by atoms with E-state index < -0.39 is 0 Å². The molecule has 2 N–H and O–H groups in total. The lowest BCUT2D eigenvalue weighted by atomic mass is 10.2. The highest BCUT2D eigenvalue weighted by Gasteiger charge is 2.17. The van der Waals surface area contributed by atoms with Crippen LogP contribution in [0.1, 0.15) is 29.7 Å². The largest absolute Gasteiger partial charge is 0.369 e. The molecule has 0 spiro atoms. The predicted octanol–water partition coefficient (Wildman–Crippen LogP) is 2.31. The minimum atomic E-state index is 0.558. The summed E-state index contributed by atoms with van der Waals surface area (Å²) in [5, 5.41) is 7.76. The molecule has 0 amide bonds. The van der Waals surface area contributed by atoms with Gasteiger partial charge < -0.3 is 5.73 Å². The SMILES string of the molecule is CCCc1nn(C)c2c1nc(N)n2CCc1csc(C)n1. The van der Waals surface area contributed by atoms with Gasteiger partial charge in [-0.05, 0) is 13.3 Å². The molecular weight excluding hydrogens is 284 g/mol. The molecule has 0 bridgehead atoms. The van der Waals surface area contributed by atoms with Gasteiger partial charge in [0.25, 0.3) is 0 Å². The molecule has 0 aromatic carbocycles. The number of nitrogens with two attached hydrogens (primary N) is 1. The van der Waals surface area contributed by atoms with E-state index in [1.54, 1.807) is 11.3 Å². The summed E-state index contributed by atoms with van der Waals surface area (Å²) in [7, 11) is 1.95. The Bertz CT molecular complexity index is 766. The Labute approximate surface area is 127 Å². The Morgan fingerprint density at radius 1 is 1.29 bits per heavy atom. The van der Waals surface area contributed by atoms with Gasteiger partial charge >= 0.3 is 0 Å². The van der Waals surface area contributed by atoms with Gasteiger partial charge in [0.1, 0.15) is 5.52 Å². The van der Waals surface area contributed by atoms with Gasteiger partial charge in [0.15, 0.2) is 5.65 Å². The Balaban J connectivity index is 1.92. The smallest absolute Gasteiger partial charge is 0.202 e. The molecular formula is C14H20N6S. The lowest BCUT2D eigenvalue weighted by molar-refractivity contribution is 0.669. The summed E-state index contributed by atoms with van der Waals surface area (Å²) in [6.07, 6.45) is 2.84. The maximum atomic E-state index is 6.09. The number of hydrogen-bond donors (Lipinski definition) is 1. The number of anilines is 1. The summed E-state index contributed by atoms with van der Waals surface area (Å²) >= 11 is 1.68. The molecule has 0 fully saturated rings. The van der Waals surface area contributed by atoms with E-state index in [9.17, 15) is 0 Å². The summed E-state index contributed by atoms with van der Waals surface area (Å²) in [5.74, 6) is 0.558. The molecule has 3 aromatic rings. The molecule has 112 valence electrons. The van der Waals surface area contributed by atoms with Crippen molar-refractivity contribution >= 4 is 28.4 Å². The number of imidazole rings is 1. The number of fused-ring (bicyclic) bond motifs is 1. The molecule has 0 saturated heterocycles. The number of hydrogen-bond acceptors (Lipinski definition) is 5. The van der Waals surface area contributed by atoms with E-state index in [1.165, 1.54) is 0 Å². The molecule has 21 heavy (non-hydrogen) atoms. The van der Waals surface area contributed by atoms with Crippen LogP contribution in [0.2, 0.25) is 0 Å². The van der Waals surface area contributed by atoms with Crippen LogP contribution in [0.25, 0.3) is 11.2 Å². The fourth-order valence-corrected chi connectivity index (χ4v) is 3.28. The first-order valence-electron chi connectivity index (χ1n) is 7.18. The Hall–Kier alpha value is -1.89. The first kappa shape index (κ1) is 14.1. The van der Waals surface area contributed by atoms with Crippen molar-refractivity contribution in [3.8, 4) is 0 Å². The highest BCUT2D eigenvalue weighted by Crippen LogP contribution is 2.22. The number of nitrogens with zero attached hydrogens (tertiary/aromatic N) is 5. The van der Waals surface area contributed by atoms with Crippen LogP contribution in [0.15, 0.2) is 5.38 Å². The summed E-state index contributed by atoms with van der Waals surface area (Å²) in [5.41, 5.74) is 10.2. The summed E-state index contributed by atoms with van der Waals surface area (Å²) in [6.45, 7) is 4.94. The molecule has 0 aliphatic heterocycles. The average molecular weight is 304 g/mol. The van der Waals surface area contributed by atoms with Crippen LogP contribution in [-0.4, -0.2) is 24.3 Å². The third kappa shape index (κ3) is 2.53. The molecule has 6 nitrogen and oxygen atoms in total. The third-order valence-corrected chi connectivity index (χ3v) is 4.39. The lowest BCUT2D eigenvalue weighted by Gasteiger charge is -2.05. The van der Waals surface area contributed by atoms with Gasteiger partial charge in [-0.15, -0.1) is 11.3 Å². The van der Waals surface area contributed by atoms with E-state index in [0.29, 0.717) is 5.95 Å². The Morgan fingerprint density at radius 2 is 2.10 bits per heavy atom. The normalized spacial score (nSPS) is 11.6. The van der Waals surface area contributed by atoms with Crippen molar-refractivity contribution in [1.29, 1.82) is 0 Å². The summed E-state index contributed by atoms with van der Waals surface area (Å²) in [4.78, 5) is 9.01. The molecule has 0 aliphatic carbocycles. The van der Waals surface area contributed by atoms with Crippen molar-refractivity contribution in [2.75, 3.05) is 5.73 Å². The number of nitrogen functional groups attached to an aromatic ring is 1. The fraction of sp³-hybridized carbons (Fsp3) is 0.500. The molecule has 3 heterocycles. The van der Waals surface area contributed by atoms with Crippen molar-refractivity contribution in [2.24, 2.45) is 7.05 Å². The molecule has 3 rings (SSSR count). The Morgan fingerprint density at radius 3 is 2.76 bits per heavy atom. The van der Waals surface area contributed by atoms with Crippen LogP contribution < -0.4 is 5.73 Å². The number of aryl methyl sites for hydroxylation is 5. The quantitative estimate of drug-likeness (QED) is 0.785. The standard InChI is InChI=1S/C14H20N6S/c1-4-5-11-12-13(19(3)18-11)20(14(15)17-12)7-6-10-8-21-9(2)16-10/h8H,4-7H2,1-3H3,(H2,15,17). The molecule has 3 aromatic heterocycles. The third-order valence-electron chi connectivity index (χ3n) is 3.57. The predicted molar refractivity (Wildman–Crippen MR) is 85.5 cm³/mol. The van der Waals surface area contributed by atoms with E-state index in [-0.39, 0.29) is 0 Å². The monoisotopic (exact) mass is 304 g/mol. The van der Waals surface area contributed by atoms with Gasteiger partial charge in [-0.3, -0.25) is 9.25 Å². The van der Waals surface area contributed by atoms with E-state index in [4.69, 9.17) is 5.73 Å². The fourth-order valence-electron chi connectivity index (χ4n) is 2.63. The maximum absolute atomic E-state index is 6.09. The zero-order chi connectivity index (χ0) is 15.0. The van der Waals surface area contributed by atoms with Gasteiger partial charge in [0.05, 0.1) is 16.4 Å². The van der Waals surface area contributed by atoms with Crippen LogP contribution in [0.3, 0.4) is 0 Å². The van der Waals surface area contributed by atoms with Gasteiger partial charge in [0, 0.05) is 25.4 Å². The lowest BCUT2D eigenvalue weighted by Crippen LogP contribution is -2.09. The first-order chi connectivity index (χ1) is 10.1. The van der Waals surface area contributed by atoms with Crippen molar-refractivity contribution in [3.63, 3.8) is 0 Å². The van der Waals surface area contributed by atoms with E-state index >= 15 is 0 Å². The second-order valence-electron chi connectivity index (χ2n) is 5.22. The highest BCUT2D eigenvalue weighted by atomic mass is 32.1. The second kappa shape index (κ2) is 5.48. The zero-order valence-electron chi connectivity index (χ0n) is 12.6. The summed E-state index contributed by atoms with van der Waals surface area (Å²) in [6, 6.07) is 0. The molecule has 0 atom stereocenters. The molecule has 7 heteroatoms. The average Bonchev–Trinajstić information content (AvgIpc) is 3.07.